The third-order valence-electron chi connectivity index (χ3n) is 3.99. The van der Waals surface area contributed by atoms with Crippen molar-refractivity contribution in [1.29, 1.82) is 0 Å². The number of oxazole rings is 1. The predicted molar refractivity (Wildman–Crippen MR) is 78.3 cm³/mol. The molecule has 2 N–H and O–H groups in total. The minimum absolute atomic E-state index is 0.112. The molecule has 0 bridgehead atoms. The first-order valence-electron chi connectivity index (χ1n) is 7.04. The molecule has 1 heterocycles. The van der Waals surface area contributed by atoms with Gasteiger partial charge >= 0.3 is 5.97 Å². The van der Waals surface area contributed by atoms with Gasteiger partial charge < -0.3 is 14.8 Å². The summed E-state index contributed by atoms with van der Waals surface area (Å²) in [5.41, 5.74) is 1.23. The molecule has 22 heavy (non-hydrogen) atoms. The number of amides is 1. The molecule has 1 aliphatic rings. The van der Waals surface area contributed by atoms with Crippen molar-refractivity contribution in [2.45, 2.75) is 19.8 Å². The number of rotatable bonds is 5. The van der Waals surface area contributed by atoms with Gasteiger partial charge in [0.05, 0.1) is 5.41 Å². The first-order valence-corrected chi connectivity index (χ1v) is 7.04. The minimum Gasteiger partial charge on any atom is -0.481 e. The first kappa shape index (κ1) is 14.3. The Balaban J connectivity index is 1.75. The van der Waals surface area contributed by atoms with E-state index in [0.29, 0.717) is 18.6 Å². The normalized spacial score (nSPS) is 15.3. The Hall–Kier alpha value is -2.63. The van der Waals surface area contributed by atoms with Gasteiger partial charge in [-0.05, 0) is 19.8 Å². The van der Waals surface area contributed by atoms with Gasteiger partial charge in [0, 0.05) is 12.1 Å². The van der Waals surface area contributed by atoms with Crippen molar-refractivity contribution in [2.24, 2.45) is 5.41 Å². The zero-order chi connectivity index (χ0) is 15.7. The molecule has 0 saturated heterocycles. The molecule has 3 rings (SSSR count). The van der Waals surface area contributed by atoms with E-state index in [1.165, 1.54) is 6.39 Å². The van der Waals surface area contributed by atoms with Crippen LogP contribution in [0, 0.1) is 12.3 Å². The second-order valence-electron chi connectivity index (χ2n) is 5.66. The minimum atomic E-state index is -0.869. The predicted octanol–water partition coefficient (Wildman–Crippen LogP) is 2.24. The molecule has 1 aromatic heterocycles. The van der Waals surface area contributed by atoms with Crippen LogP contribution in [0.5, 0.6) is 0 Å². The van der Waals surface area contributed by atoms with Crippen LogP contribution in [0.4, 0.5) is 0 Å². The van der Waals surface area contributed by atoms with Crippen LogP contribution in [0.2, 0.25) is 0 Å². The van der Waals surface area contributed by atoms with Crippen LogP contribution in [0.25, 0.3) is 11.3 Å². The molecule has 0 radical (unpaired) electrons. The summed E-state index contributed by atoms with van der Waals surface area (Å²) in [6.45, 7) is 2.08. The van der Waals surface area contributed by atoms with Crippen molar-refractivity contribution in [3.05, 3.63) is 41.9 Å². The third-order valence-corrected chi connectivity index (χ3v) is 3.99. The summed E-state index contributed by atoms with van der Waals surface area (Å²) < 4.78 is 5.32. The van der Waals surface area contributed by atoms with Crippen LogP contribution < -0.4 is 5.32 Å². The summed E-state index contributed by atoms with van der Waals surface area (Å²) >= 11 is 0. The van der Waals surface area contributed by atoms with Gasteiger partial charge in [0.2, 0.25) is 0 Å². The Morgan fingerprint density at radius 3 is 2.59 bits per heavy atom. The van der Waals surface area contributed by atoms with Gasteiger partial charge in [-0.15, -0.1) is 0 Å². The van der Waals surface area contributed by atoms with Gasteiger partial charge in [-0.25, -0.2) is 4.98 Å². The zero-order valence-corrected chi connectivity index (χ0v) is 12.1. The Morgan fingerprint density at radius 2 is 2.00 bits per heavy atom. The van der Waals surface area contributed by atoms with Crippen molar-refractivity contribution in [3.8, 4) is 11.3 Å². The maximum absolute atomic E-state index is 12.2. The van der Waals surface area contributed by atoms with Gasteiger partial charge in [-0.1, -0.05) is 29.8 Å². The summed E-state index contributed by atoms with van der Waals surface area (Å²) in [6, 6.07) is 7.55. The number of aliphatic carboxylic acids is 1. The van der Waals surface area contributed by atoms with Crippen molar-refractivity contribution < 1.29 is 19.1 Å². The highest BCUT2D eigenvalue weighted by Crippen LogP contribution is 2.45. The number of aromatic nitrogens is 1. The highest BCUT2D eigenvalue weighted by Gasteiger charge is 2.50. The van der Waals surface area contributed by atoms with E-state index in [1.54, 1.807) is 0 Å². The van der Waals surface area contributed by atoms with Crippen molar-refractivity contribution >= 4 is 11.9 Å². The van der Waals surface area contributed by atoms with Crippen LogP contribution in [-0.2, 0) is 4.79 Å². The summed E-state index contributed by atoms with van der Waals surface area (Å²) in [5.74, 6) is -0.902. The van der Waals surface area contributed by atoms with Gasteiger partial charge in [0.25, 0.3) is 5.91 Å². The number of aryl methyl sites for hydroxylation is 1. The molecule has 2 aromatic rings. The fourth-order valence-corrected chi connectivity index (χ4v) is 2.27. The number of carbonyl (C=O) groups excluding carboxylic acids is 1. The molecule has 114 valence electrons. The Labute approximate surface area is 127 Å². The average Bonchev–Trinajstić information content (AvgIpc) is 3.15. The number of hydrogen-bond donors (Lipinski definition) is 2. The molecule has 1 fully saturated rings. The second kappa shape index (κ2) is 5.29. The van der Waals surface area contributed by atoms with E-state index in [2.05, 4.69) is 10.3 Å². The lowest BCUT2D eigenvalue weighted by atomic mass is 10.1. The number of nitrogens with one attached hydrogen (secondary N) is 1. The number of benzene rings is 1. The SMILES string of the molecule is Cc1ccc(-c2ocnc2C(=O)NCC2(C(=O)O)CC2)cc1. The van der Waals surface area contributed by atoms with E-state index in [-0.39, 0.29) is 12.2 Å². The highest BCUT2D eigenvalue weighted by molar-refractivity contribution is 5.98. The summed E-state index contributed by atoms with van der Waals surface area (Å²) in [6.07, 6.45) is 2.40. The highest BCUT2D eigenvalue weighted by atomic mass is 16.4. The lowest BCUT2D eigenvalue weighted by molar-refractivity contribution is -0.143. The van der Waals surface area contributed by atoms with E-state index in [9.17, 15) is 9.59 Å². The number of nitrogens with zero attached hydrogens (tertiary/aromatic N) is 1. The number of carboxylic acids is 1. The van der Waals surface area contributed by atoms with E-state index >= 15 is 0 Å². The smallest absolute Gasteiger partial charge is 0.311 e. The second-order valence-corrected chi connectivity index (χ2v) is 5.66. The monoisotopic (exact) mass is 300 g/mol. The Morgan fingerprint density at radius 1 is 1.32 bits per heavy atom. The summed E-state index contributed by atoms with van der Waals surface area (Å²) in [4.78, 5) is 27.3. The molecule has 1 aliphatic carbocycles. The van der Waals surface area contributed by atoms with Gasteiger partial charge in [0.15, 0.2) is 17.8 Å². The molecule has 1 saturated carbocycles. The fraction of sp³-hybridized carbons (Fsp3) is 0.312. The molecule has 0 aliphatic heterocycles. The van der Waals surface area contributed by atoms with E-state index in [4.69, 9.17) is 9.52 Å². The van der Waals surface area contributed by atoms with Gasteiger partial charge in [-0.2, -0.15) is 0 Å². The third kappa shape index (κ3) is 2.59. The lowest BCUT2D eigenvalue weighted by Gasteiger charge is -2.10. The Kier molecular flexibility index (Phi) is 3.44. The largest absolute Gasteiger partial charge is 0.481 e. The number of carbonyl (C=O) groups is 2. The number of carboxylic acid groups (broad SMARTS) is 1. The molecule has 0 atom stereocenters. The Bertz CT molecular complexity index is 714. The van der Waals surface area contributed by atoms with Gasteiger partial charge in [-0.3, -0.25) is 9.59 Å². The standard InChI is InChI=1S/C16H16N2O4/c1-10-2-4-11(5-3-10)13-12(18-9-22-13)14(19)17-8-16(6-7-16)15(20)21/h2-5,9H,6-8H2,1H3,(H,17,19)(H,20,21). The van der Waals surface area contributed by atoms with E-state index < -0.39 is 17.3 Å². The molecule has 0 spiro atoms. The van der Waals surface area contributed by atoms with E-state index in [1.807, 2.05) is 31.2 Å². The van der Waals surface area contributed by atoms with E-state index in [0.717, 1.165) is 11.1 Å². The molecule has 1 aromatic carbocycles. The molecular weight excluding hydrogens is 284 g/mol. The first-order chi connectivity index (χ1) is 10.5. The van der Waals surface area contributed by atoms with Crippen LogP contribution in [0.15, 0.2) is 35.1 Å². The molecule has 1 amide bonds. The molecule has 6 heteroatoms. The maximum atomic E-state index is 12.2. The maximum Gasteiger partial charge on any atom is 0.311 e. The van der Waals surface area contributed by atoms with Crippen LogP contribution in [0.3, 0.4) is 0 Å². The topological polar surface area (TPSA) is 92.4 Å². The zero-order valence-electron chi connectivity index (χ0n) is 12.1. The van der Waals surface area contributed by atoms with Crippen molar-refractivity contribution in [2.75, 3.05) is 6.54 Å². The quantitative estimate of drug-likeness (QED) is 0.883. The lowest BCUT2D eigenvalue weighted by Crippen LogP contribution is -2.34. The average molecular weight is 300 g/mol. The number of hydrogen-bond acceptors (Lipinski definition) is 4. The molecular formula is C16H16N2O4. The van der Waals surface area contributed by atoms with Gasteiger partial charge in [0.1, 0.15) is 0 Å². The van der Waals surface area contributed by atoms with Crippen LogP contribution in [-0.4, -0.2) is 28.5 Å². The van der Waals surface area contributed by atoms with Crippen LogP contribution >= 0.6 is 0 Å². The van der Waals surface area contributed by atoms with Crippen molar-refractivity contribution in [3.63, 3.8) is 0 Å². The van der Waals surface area contributed by atoms with Crippen molar-refractivity contribution in [1.82, 2.24) is 10.3 Å². The summed E-state index contributed by atoms with van der Waals surface area (Å²) in [5, 5.41) is 11.8. The van der Waals surface area contributed by atoms with Crippen LogP contribution in [0.1, 0.15) is 28.9 Å². The molecule has 0 unspecified atom stereocenters. The molecule has 6 nitrogen and oxygen atoms in total. The fourth-order valence-electron chi connectivity index (χ4n) is 2.27. The summed E-state index contributed by atoms with van der Waals surface area (Å²) in [7, 11) is 0.